The first-order valence-corrected chi connectivity index (χ1v) is 7.70. The summed E-state index contributed by atoms with van der Waals surface area (Å²) in [6, 6.07) is 16.9. The van der Waals surface area contributed by atoms with Crippen molar-refractivity contribution in [3.8, 4) is 5.75 Å². The topological polar surface area (TPSA) is 9.23 Å². The Morgan fingerprint density at radius 2 is 1.61 bits per heavy atom. The molecule has 3 heteroatoms. The third-order valence-electron chi connectivity index (χ3n) is 2.84. The van der Waals surface area contributed by atoms with E-state index in [1.165, 1.54) is 0 Å². The van der Waals surface area contributed by atoms with E-state index in [-0.39, 0.29) is 24.0 Å². The molecular formula is C15H18IOP. The molecule has 18 heavy (non-hydrogen) atoms. The number of hydrogen-bond donors (Lipinski definition) is 0. The van der Waals surface area contributed by atoms with Crippen LogP contribution in [0.2, 0.25) is 0 Å². The largest absolute Gasteiger partial charge is 1.00 e. The fourth-order valence-electron chi connectivity index (χ4n) is 1.86. The highest BCUT2D eigenvalue weighted by atomic mass is 127. The maximum absolute atomic E-state index is 8.06. The Labute approximate surface area is 131 Å². The minimum atomic E-state index is -2.54. The normalized spacial score (nSPS) is 16.4. The maximum Gasteiger partial charge on any atom is 0.161 e. The van der Waals surface area contributed by atoms with Gasteiger partial charge < -0.3 is 28.7 Å². The van der Waals surface area contributed by atoms with Crippen molar-refractivity contribution >= 4 is 17.9 Å². The number of hydrogen-bond acceptors (Lipinski definition) is 1. The molecule has 1 atom stereocenters. The molecule has 2 rings (SSSR count). The molecule has 0 bridgehead atoms. The van der Waals surface area contributed by atoms with Crippen molar-refractivity contribution in [3.63, 3.8) is 0 Å². The lowest BCUT2D eigenvalue weighted by Gasteiger charge is -2.19. The van der Waals surface area contributed by atoms with Crippen LogP contribution in [0, 0.1) is 0 Å². The second-order valence-electron chi connectivity index (χ2n) is 4.01. The summed E-state index contributed by atoms with van der Waals surface area (Å²) in [5, 5.41) is 1.65. The van der Waals surface area contributed by atoms with E-state index in [9.17, 15) is 0 Å². The van der Waals surface area contributed by atoms with E-state index in [2.05, 4.69) is 0 Å². The maximum atomic E-state index is 8.06. The zero-order chi connectivity index (χ0) is 14.8. The average Bonchev–Trinajstić information content (AvgIpc) is 2.46. The van der Waals surface area contributed by atoms with Crippen LogP contribution in [0.3, 0.4) is 0 Å². The van der Waals surface area contributed by atoms with Gasteiger partial charge >= 0.3 is 0 Å². The van der Waals surface area contributed by atoms with E-state index in [0.29, 0.717) is 5.75 Å². The molecule has 0 aliphatic carbocycles. The van der Waals surface area contributed by atoms with Crippen LogP contribution < -0.4 is 39.3 Å². The molecule has 0 saturated heterocycles. The highest BCUT2D eigenvalue weighted by Crippen LogP contribution is 2.50. The molecule has 0 heterocycles. The van der Waals surface area contributed by atoms with Crippen molar-refractivity contribution in [1.82, 2.24) is 0 Å². The lowest BCUT2D eigenvalue weighted by molar-refractivity contribution is -0.00000382. The smallest absolute Gasteiger partial charge is 0.161 e. The Balaban J connectivity index is 0.00000220. The number of ether oxygens (including phenoxy) is 1. The molecule has 1 nitrogen and oxygen atoms in total. The number of rotatable bonds is 3. The number of para-hydroxylation sites is 1. The molecule has 1 unspecified atom stereocenters. The van der Waals surface area contributed by atoms with Gasteiger partial charge in [0.05, 0.1) is 37.0 Å². The standard InChI is InChI=1S/C15H18OP.HI/c1-16-14-11-7-8-12-15(14)17(2,3)13-9-5-4-6-10-13;/h4-12H,1-3H3;1H/q+1;/p-1/i2D3;. The molecular weight excluding hydrogens is 354 g/mol. The second kappa shape index (κ2) is 6.53. The monoisotopic (exact) mass is 375 g/mol. The van der Waals surface area contributed by atoms with Gasteiger partial charge in [-0.2, -0.15) is 0 Å². The van der Waals surface area contributed by atoms with Crippen LogP contribution in [0.25, 0.3) is 0 Å². The molecule has 96 valence electrons. The van der Waals surface area contributed by atoms with Gasteiger partial charge in [0.1, 0.15) is 5.30 Å². The van der Waals surface area contributed by atoms with Gasteiger partial charge in [-0.3, -0.25) is 0 Å². The fraction of sp³-hybridized carbons (Fsp3) is 0.200. The van der Waals surface area contributed by atoms with Gasteiger partial charge in [0.15, 0.2) is 5.75 Å². The second-order valence-corrected chi connectivity index (χ2v) is 7.02. The van der Waals surface area contributed by atoms with Crippen molar-refractivity contribution in [1.29, 1.82) is 0 Å². The summed E-state index contributed by atoms with van der Waals surface area (Å²) < 4.78 is 29.6. The van der Waals surface area contributed by atoms with Gasteiger partial charge in [-0.05, 0) is 24.3 Å². The summed E-state index contributed by atoms with van der Waals surface area (Å²) in [6.07, 6.45) is 0. The first-order chi connectivity index (χ1) is 9.41. The van der Waals surface area contributed by atoms with Crippen molar-refractivity contribution in [2.24, 2.45) is 0 Å². The number of methoxy groups -OCH3 is 1. The van der Waals surface area contributed by atoms with Crippen LogP contribution in [0.4, 0.5) is 0 Å². The summed E-state index contributed by atoms with van der Waals surface area (Å²) in [7, 11) is -0.960. The van der Waals surface area contributed by atoms with Crippen LogP contribution in [-0.2, 0) is 0 Å². The quantitative estimate of drug-likeness (QED) is 0.539. The van der Waals surface area contributed by atoms with E-state index in [1.807, 2.05) is 61.3 Å². The SMILES string of the molecule is [2H]C([2H])([2H])[P+](C)(c1ccccc1)c1ccccc1OC.[I-]. The van der Waals surface area contributed by atoms with E-state index >= 15 is 0 Å². The first-order valence-electron chi connectivity index (χ1n) is 6.97. The van der Waals surface area contributed by atoms with E-state index < -0.39 is 13.9 Å². The van der Waals surface area contributed by atoms with Gasteiger partial charge in [-0.1, -0.05) is 30.3 Å². The Morgan fingerprint density at radius 1 is 1.00 bits per heavy atom. The van der Waals surface area contributed by atoms with Crippen molar-refractivity contribution in [3.05, 3.63) is 54.6 Å². The molecule has 0 fully saturated rings. The Bertz CT molecular complexity index is 589. The summed E-state index contributed by atoms with van der Waals surface area (Å²) in [5.74, 6) is 0.642. The van der Waals surface area contributed by atoms with Crippen LogP contribution in [0.1, 0.15) is 4.11 Å². The van der Waals surface area contributed by atoms with E-state index in [1.54, 1.807) is 7.11 Å². The summed E-state index contributed by atoms with van der Waals surface area (Å²) in [4.78, 5) is 0. The van der Waals surface area contributed by atoms with Crippen LogP contribution in [0.5, 0.6) is 5.75 Å². The average molecular weight is 375 g/mol. The molecule has 0 radical (unpaired) electrons. The molecule has 0 saturated carbocycles. The van der Waals surface area contributed by atoms with Crippen molar-refractivity contribution in [2.45, 2.75) is 0 Å². The highest BCUT2D eigenvalue weighted by molar-refractivity contribution is 7.88. The van der Waals surface area contributed by atoms with E-state index in [4.69, 9.17) is 8.85 Å². The fourth-order valence-corrected chi connectivity index (χ4v) is 3.90. The molecule has 0 N–H and O–H groups in total. The van der Waals surface area contributed by atoms with Gasteiger partial charge in [0.25, 0.3) is 0 Å². The highest BCUT2D eigenvalue weighted by Gasteiger charge is 2.34. The minimum absolute atomic E-state index is 0. The lowest BCUT2D eigenvalue weighted by atomic mass is 10.3. The van der Waals surface area contributed by atoms with Crippen molar-refractivity contribution < 1.29 is 32.8 Å². The Kier molecular flexibility index (Phi) is 4.08. The summed E-state index contributed by atoms with van der Waals surface area (Å²) in [6.45, 7) is -0.212. The van der Waals surface area contributed by atoms with Gasteiger partial charge in [0.2, 0.25) is 0 Å². The first kappa shape index (κ1) is 11.2. The number of halogens is 1. The predicted octanol–water partition coefficient (Wildman–Crippen LogP) is -0.0728. The van der Waals surface area contributed by atoms with Gasteiger partial charge in [-0.15, -0.1) is 0 Å². The zero-order valence-corrected chi connectivity index (χ0v) is 13.5. The van der Waals surface area contributed by atoms with Crippen LogP contribution in [-0.4, -0.2) is 20.4 Å². The van der Waals surface area contributed by atoms with Crippen LogP contribution >= 0.6 is 7.26 Å². The minimum Gasteiger partial charge on any atom is -1.00 e. The van der Waals surface area contributed by atoms with Gasteiger partial charge in [0, 0.05) is 0 Å². The lowest BCUT2D eigenvalue weighted by Crippen LogP contribution is -3.00. The zero-order valence-electron chi connectivity index (χ0n) is 13.4. The molecule has 2 aromatic rings. The Morgan fingerprint density at radius 3 is 2.22 bits per heavy atom. The summed E-state index contributed by atoms with van der Waals surface area (Å²) >= 11 is 0. The van der Waals surface area contributed by atoms with Gasteiger partial charge in [-0.25, -0.2) is 0 Å². The molecule has 0 aliphatic heterocycles. The van der Waals surface area contributed by atoms with E-state index in [0.717, 1.165) is 10.6 Å². The third kappa shape index (κ3) is 3.04. The molecule has 0 spiro atoms. The van der Waals surface area contributed by atoms with Crippen LogP contribution in [0.15, 0.2) is 54.6 Å². The molecule has 2 aromatic carbocycles. The molecule has 0 aromatic heterocycles. The molecule has 0 amide bonds. The third-order valence-corrected chi connectivity index (χ3v) is 5.50. The number of benzene rings is 2. The summed E-state index contributed by atoms with van der Waals surface area (Å²) in [5.41, 5.74) is 0. The predicted molar refractivity (Wildman–Crippen MR) is 77.5 cm³/mol. The van der Waals surface area contributed by atoms with Crippen molar-refractivity contribution in [2.75, 3.05) is 20.4 Å². The molecule has 0 aliphatic rings. The Hall–Kier alpha value is -0.600.